The van der Waals surface area contributed by atoms with Gasteiger partial charge in [0, 0.05) is 55.4 Å². The van der Waals surface area contributed by atoms with Crippen LogP contribution in [0.1, 0.15) is 46.7 Å². The summed E-state index contributed by atoms with van der Waals surface area (Å²) < 4.78 is 2.09. The lowest BCUT2D eigenvalue weighted by molar-refractivity contribution is -0.126. The molecule has 204 valence electrons. The Morgan fingerprint density at radius 1 is 1.07 bits per heavy atom. The Bertz CT molecular complexity index is 1440. The predicted octanol–water partition coefficient (Wildman–Crippen LogP) is 5.66. The molecule has 6 nitrogen and oxygen atoms in total. The fourth-order valence-corrected chi connectivity index (χ4v) is 5.74. The Labute approximate surface area is 241 Å². The molecule has 1 unspecified atom stereocenters. The van der Waals surface area contributed by atoms with Crippen LogP contribution >= 0.6 is 11.6 Å². The molecule has 2 atom stereocenters. The first-order valence-corrected chi connectivity index (χ1v) is 14.3. The van der Waals surface area contributed by atoms with E-state index in [1.54, 1.807) is 0 Å². The van der Waals surface area contributed by atoms with E-state index in [4.69, 9.17) is 16.9 Å². The Morgan fingerprint density at radius 2 is 1.88 bits per heavy atom. The first kappa shape index (κ1) is 27.6. The summed E-state index contributed by atoms with van der Waals surface area (Å²) in [5.41, 5.74) is 5.29. The van der Waals surface area contributed by atoms with E-state index >= 15 is 0 Å². The molecule has 5 rings (SSSR count). The van der Waals surface area contributed by atoms with E-state index in [2.05, 4.69) is 62.2 Å². The lowest BCUT2D eigenvalue weighted by atomic mass is 9.89. The summed E-state index contributed by atoms with van der Waals surface area (Å²) in [6.07, 6.45) is 6.30. The summed E-state index contributed by atoms with van der Waals surface area (Å²) in [5, 5.41) is 12.9. The van der Waals surface area contributed by atoms with Crippen LogP contribution in [0.5, 0.6) is 0 Å². The van der Waals surface area contributed by atoms with Gasteiger partial charge < -0.3 is 14.8 Å². The minimum absolute atomic E-state index is 0.0203. The number of hydrogen-bond acceptors (Lipinski definition) is 4. The zero-order chi connectivity index (χ0) is 27.7. The molecule has 1 amide bonds. The molecule has 1 N–H and O–H groups in total. The highest BCUT2D eigenvalue weighted by atomic mass is 35.5. The molecule has 0 bridgehead atoms. The van der Waals surface area contributed by atoms with Crippen molar-refractivity contribution in [3.8, 4) is 6.07 Å². The van der Waals surface area contributed by atoms with Gasteiger partial charge in [-0.2, -0.15) is 5.26 Å². The second kappa shape index (κ2) is 13.4. The van der Waals surface area contributed by atoms with Gasteiger partial charge in [-0.05, 0) is 60.3 Å². The van der Waals surface area contributed by atoms with Gasteiger partial charge in [-0.1, -0.05) is 66.2 Å². The number of nitrogens with one attached hydrogen (secondary N) is 1. The third-order valence-electron chi connectivity index (χ3n) is 7.68. The molecule has 3 aromatic carbocycles. The van der Waals surface area contributed by atoms with Gasteiger partial charge in [-0.15, -0.1) is 0 Å². The Hall–Kier alpha value is -3.92. The second-order valence-corrected chi connectivity index (χ2v) is 10.9. The maximum absolute atomic E-state index is 13.2. The maximum atomic E-state index is 13.2. The number of benzene rings is 3. The summed E-state index contributed by atoms with van der Waals surface area (Å²) in [5.74, 6) is 0.299. The molecule has 4 aromatic rings. The van der Waals surface area contributed by atoms with Gasteiger partial charge in [0.1, 0.15) is 0 Å². The van der Waals surface area contributed by atoms with Gasteiger partial charge in [0.05, 0.1) is 23.9 Å². The molecule has 0 saturated carbocycles. The number of imidazole rings is 1. The van der Waals surface area contributed by atoms with E-state index in [1.165, 1.54) is 11.1 Å². The van der Waals surface area contributed by atoms with Gasteiger partial charge in [0.15, 0.2) is 0 Å². The van der Waals surface area contributed by atoms with Crippen LogP contribution in [0.3, 0.4) is 0 Å². The predicted molar refractivity (Wildman–Crippen MR) is 158 cm³/mol. The number of carbonyl (C=O) groups is 1. The van der Waals surface area contributed by atoms with Crippen molar-refractivity contribution in [2.75, 3.05) is 26.2 Å². The Balaban J connectivity index is 1.16. The van der Waals surface area contributed by atoms with Crippen LogP contribution in [0, 0.1) is 17.2 Å². The second-order valence-electron chi connectivity index (χ2n) is 10.5. The normalized spacial score (nSPS) is 16.2. The molecule has 0 radical (unpaired) electrons. The molecule has 1 aliphatic rings. The molecular weight excluding hydrogens is 518 g/mol. The minimum Gasteiger partial charge on any atom is -0.355 e. The zero-order valence-corrected chi connectivity index (χ0v) is 23.3. The van der Waals surface area contributed by atoms with Gasteiger partial charge in [0.25, 0.3) is 0 Å². The molecule has 1 saturated heterocycles. The molecule has 2 heterocycles. The number of piperidine rings is 1. The van der Waals surface area contributed by atoms with E-state index < -0.39 is 0 Å². The van der Waals surface area contributed by atoms with Gasteiger partial charge >= 0.3 is 0 Å². The average molecular weight is 552 g/mol. The summed E-state index contributed by atoms with van der Waals surface area (Å²) >= 11 is 6.35. The molecule has 0 spiro atoms. The summed E-state index contributed by atoms with van der Waals surface area (Å²) in [4.78, 5) is 19.9. The van der Waals surface area contributed by atoms with Crippen molar-refractivity contribution in [3.05, 3.63) is 124 Å². The smallest absolute Gasteiger partial charge is 0.224 e. The minimum atomic E-state index is -0.0203. The largest absolute Gasteiger partial charge is 0.355 e. The lowest BCUT2D eigenvalue weighted by Crippen LogP contribution is -2.44. The molecule has 1 fully saturated rings. The third kappa shape index (κ3) is 7.18. The maximum Gasteiger partial charge on any atom is 0.224 e. The first-order chi connectivity index (χ1) is 19.6. The number of aromatic nitrogens is 2. The van der Waals surface area contributed by atoms with Crippen LogP contribution in [-0.4, -0.2) is 46.5 Å². The SMILES string of the molecule is N#Cc1ccc(Cn2cncc2CCNC(=O)[C@H]2CCCN(CC(c3ccccc3)c3cccc(Cl)c3)C2)cc1. The number of hydrogen-bond donors (Lipinski definition) is 1. The van der Waals surface area contributed by atoms with Crippen molar-refractivity contribution in [2.24, 2.45) is 5.92 Å². The van der Waals surface area contributed by atoms with Crippen molar-refractivity contribution < 1.29 is 4.79 Å². The monoisotopic (exact) mass is 551 g/mol. The van der Waals surface area contributed by atoms with Gasteiger partial charge in [-0.3, -0.25) is 4.79 Å². The van der Waals surface area contributed by atoms with Crippen molar-refractivity contribution in [3.63, 3.8) is 0 Å². The van der Waals surface area contributed by atoms with E-state index in [0.29, 0.717) is 25.1 Å². The van der Waals surface area contributed by atoms with Crippen molar-refractivity contribution in [2.45, 2.75) is 31.7 Å². The summed E-state index contributed by atoms with van der Waals surface area (Å²) in [6, 6.07) is 28.4. The topological polar surface area (TPSA) is 74.0 Å². The van der Waals surface area contributed by atoms with Crippen LogP contribution in [0.15, 0.2) is 91.4 Å². The molecule has 40 heavy (non-hydrogen) atoms. The van der Waals surface area contributed by atoms with Crippen molar-refractivity contribution in [1.82, 2.24) is 19.8 Å². The summed E-state index contributed by atoms with van der Waals surface area (Å²) in [7, 11) is 0. The number of halogens is 1. The number of amides is 1. The Morgan fingerprint density at radius 3 is 2.65 bits per heavy atom. The van der Waals surface area contributed by atoms with E-state index in [1.807, 2.05) is 55.0 Å². The van der Waals surface area contributed by atoms with Crippen LogP contribution in [0.4, 0.5) is 0 Å². The highest BCUT2D eigenvalue weighted by molar-refractivity contribution is 6.30. The van der Waals surface area contributed by atoms with Gasteiger partial charge in [-0.25, -0.2) is 4.98 Å². The fraction of sp³-hybridized carbons (Fsp3) is 0.303. The number of carbonyl (C=O) groups excluding carboxylic acids is 1. The third-order valence-corrected chi connectivity index (χ3v) is 7.92. The van der Waals surface area contributed by atoms with E-state index in [9.17, 15) is 4.79 Å². The molecule has 7 heteroatoms. The molecular formula is C33H34ClN5O. The van der Waals surface area contributed by atoms with E-state index in [-0.39, 0.29) is 17.7 Å². The van der Waals surface area contributed by atoms with Crippen LogP contribution in [-0.2, 0) is 17.8 Å². The molecule has 0 aliphatic carbocycles. The summed E-state index contributed by atoms with van der Waals surface area (Å²) in [6.45, 7) is 3.85. The van der Waals surface area contributed by atoms with Crippen molar-refractivity contribution >= 4 is 17.5 Å². The first-order valence-electron chi connectivity index (χ1n) is 13.9. The van der Waals surface area contributed by atoms with E-state index in [0.717, 1.165) is 48.8 Å². The van der Waals surface area contributed by atoms with Crippen molar-refractivity contribution in [1.29, 1.82) is 5.26 Å². The van der Waals surface area contributed by atoms with Gasteiger partial charge in [0.2, 0.25) is 5.91 Å². The van der Waals surface area contributed by atoms with Crippen LogP contribution < -0.4 is 5.32 Å². The molecule has 1 aromatic heterocycles. The highest BCUT2D eigenvalue weighted by Crippen LogP contribution is 2.29. The fourth-order valence-electron chi connectivity index (χ4n) is 5.54. The number of nitrogens with zero attached hydrogens (tertiary/aromatic N) is 4. The number of rotatable bonds is 10. The van der Waals surface area contributed by atoms with Crippen LogP contribution in [0.2, 0.25) is 5.02 Å². The number of likely N-dealkylation sites (tertiary alicyclic amines) is 1. The highest BCUT2D eigenvalue weighted by Gasteiger charge is 2.28. The quantitative estimate of drug-likeness (QED) is 0.276. The standard InChI is InChI=1S/C33H34ClN5O/c34-30-10-4-8-28(18-30)32(27-6-2-1-3-7-27)23-38-17-5-9-29(22-38)33(40)37-16-15-31-20-36-24-39(31)21-26-13-11-25(19-35)12-14-26/h1-4,6-8,10-14,18,20,24,29,32H,5,9,15-17,21-23H2,(H,37,40)/t29-,32?/m0/s1. The van der Waals surface area contributed by atoms with Crippen LogP contribution in [0.25, 0.3) is 0 Å². The Kier molecular flexibility index (Phi) is 9.28. The lowest BCUT2D eigenvalue weighted by Gasteiger charge is -2.35. The number of nitriles is 1. The molecule has 1 aliphatic heterocycles. The zero-order valence-electron chi connectivity index (χ0n) is 22.5. The average Bonchev–Trinajstić information content (AvgIpc) is 3.43.